The Bertz CT molecular complexity index is 1420. The van der Waals surface area contributed by atoms with Crippen molar-refractivity contribution in [2.45, 2.75) is 12.3 Å². The van der Waals surface area contributed by atoms with Crippen molar-refractivity contribution in [1.29, 1.82) is 0 Å². The number of carbonyl (C=O) groups excluding carboxylic acids is 1. The number of methoxy groups -OCH3 is 1. The lowest BCUT2D eigenvalue weighted by Crippen LogP contribution is -2.32. The first-order valence-electron chi connectivity index (χ1n) is 8.88. The Morgan fingerprint density at radius 1 is 1.17 bits per heavy atom. The largest absolute Gasteiger partial charge is 0.497 e. The number of aromatic nitrogens is 2. The van der Waals surface area contributed by atoms with E-state index in [0.29, 0.717) is 22.4 Å². The van der Waals surface area contributed by atoms with Crippen LogP contribution in [0.5, 0.6) is 11.6 Å². The molecule has 1 aliphatic rings. The van der Waals surface area contributed by atoms with E-state index in [9.17, 15) is 14.4 Å². The Balaban J connectivity index is 1.79. The van der Waals surface area contributed by atoms with Gasteiger partial charge in [0.1, 0.15) is 17.0 Å². The number of hydrogen-bond donors (Lipinski definition) is 0. The lowest BCUT2D eigenvalue weighted by Gasteiger charge is -2.23. The number of rotatable bonds is 2. The fraction of sp³-hybridized carbons (Fsp3) is 0.143. The molecule has 4 heterocycles. The molecule has 1 atom stereocenters. The molecule has 0 N–H and O–H groups in total. The second kappa shape index (κ2) is 6.30. The molecule has 0 bridgehead atoms. The molecule has 1 aliphatic heterocycles. The van der Waals surface area contributed by atoms with Crippen LogP contribution in [0.25, 0.3) is 16.6 Å². The van der Waals surface area contributed by atoms with Crippen molar-refractivity contribution in [3.8, 4) is 11.6 Å². The van der Waals surface area contributed by atoms with Crippen LogP contribution in [0.2, 0.25) is 0 Å². The molecule has 0 aliphatic carbocycles. The number of fused-ring (bicyclic) bond motifs is 3. The van der Waals surface area contributed by atoms with Crippen LogP contribution in [0.3, 0.4) is 0 Å². The highest BCUT2D eigenvalue weighted by Gasteiger charge is 2.35. The standard InChI is InChI=1S/C21H14N2O6/c1-27-11-5-6-15-13(8-11)19(25)14(10-28-15)12-9-17(24)29-20-18(12)21(26)23-7-3-2-4-16(23)22-20/h2-8,10,12H,9H2,1H3. The first-order valence-corrected chi connectivity index (χ1v) is 8.88. The smallest absolute Gasteiger partial charge is 0.313 e. The maximum atomic E-state index is 13.2. The molecular formula is C21H14N2O6. The van der Waals surface area contributed by atoms with E-state index in [0.717, 1.165) is 0 Å². The Kier molecular flexibility index (Phi) is 3.73. The average Bonchev–Trinajstić information content (AvgIpc) is 2.73. The SMILES string of the molecule is COc1ccc2occ(C3CC(=O)Oc4nc5ccccn5c(=O)c43)c(=O)c2c1. The van der Waals surface area contributed by atoms with Crippen molar-refractivity contribution in [3.63, 3.8) is 0 Å². The number of carbonyl (C=O) groups is 1. The average molecular weight is 390 g/mol. The van der Waals surface area contributed by atoms with Crippen molar-refractivity contribution >= 4 is 22.6 Å². The summed E-state index contributed by atoms with van der Waals surface area (Å²) >= 11 is 0. The molecule has 8 heteroatoms. The van der Waals surface area contributed by atoms with Crippen LogP contribution >= 0.6 is 0 Å². The summed E-state index contributed by atoms with van der Waals surface area (Å²) in [6.07, 6.45) is 2.71. The summed E-state index contributed by atoms with van der Waals surface area (Å²) in [6.45, 7) is 0. The fourth-order valence-electron chi connectivity index (χ4n) is 3.63. The maximum absolute atomic E-state index is 13.2. The van der Waals surface area contributed by atoms with E-state index in [-0.39, 0.29) is 28.9 Å². The molecule has 0 spiro atoms. The van der Waals surface area contributed by atoms with E-state index in [1.807, 2.05) is 0 Å². The van der Waals surface area contributed by atoms with Gasteiger partial charge < -0.3 is 13.9 Å². The summed E-state index contributed by atoms with van der Waals surface area (Å²) < 4.78 is 17.4. The Morgan fingerprint density at radius 3 is 2.86 bits per heavy atom. The predicted octanol–water partition coefficient (Wildman–Crippen LogP) is 2.25. The summed E-state index contributed by atoms with van der Waals surface area (Å²) in [7, 11) is 1.50. The lowest BCUT2D eigenvalue weighted by molar-refractivity contribution is -0.135. The first kappa shape index (κ1) is 17.2. The van der Waals surface area contributed by atoms with Gasteiger partial charge in [0, 0.05) is 17.7 Å². The van der Waals surface area contributed by atoms with Gasteiger partial charge in [-0.05, 0) is 30.3 Å². The third-order valence-corrected chi connectivity index (χ3v) is 5.05. The van der Waals surface area contributed by atoms with E-state index < -0.39 is 17.4 Å². The van der Waals surface area contributed by atoms with Gasteiger partial charge in [-0.3, -0.25) is 18.8 Å². The molecule has 1 unspecified atom stereocenters. The van der Waals surface area contributed by atoms with Gasteiger partial charge in [0.15, 0.2) is 5.43 Å². The topological polar surface area (TPSA) is 100 Å². The van der Waals surface area contributed by atoms with Gasteiger partial charge >= 0.3 is 5.97 Å². The van der Waals surface area contributed by atoms with Crippen molar-refractivity contribution in [1.82, 2.24) is 9.38 Å². The minimum absolute atomic E-state index is 0.0763. The summed E-state index contributed by atoms with van der Waals surface area (Å²) in [5, 5.41) is 0.302. The van der Waals surface area contributed by atoms with Crippen LogP contribution in [0.1, 0.15) is 23.5 Å². The Morgan fingerprint density at radius 2 is 2.03 bits per heavy atom. The van der Waals surface area contributed by atoms with Gasteiger partial charge in [-0.15, -0.1) is 0 Å². The third kappa shape index (κ3) is 2.60. The highest BCUT2D eigenvalue weighted by atomic mass is 16.5. The fourth-order valence-corrected chi connectivity index (χ4v) is 3.63. The van der Waals surface area contributed by atoms with Crippen LogP contribution in [0.4, 0.5) is 0 Å². The number of hydrogen-bond acceptors (Lipinski definition) is 7. The molecule has 1 aromatic carbocycles. The number of pyridine rings is 1. The van der Waals surface area contributed by atoms with Gasteiger partial charge in [-0.2, -0.15) is 4.98 Å². The molecule has 144 valence electrons. The Hall–Kier alpha value is -3.94. The number of esters is 1. The number of nitrogens with zero attached hydrogens (tertiary/aromatic N) is 2. The molecule has 3 aromatic heterocycles. The second-order valence-corrected chi connectivity index (χ2v) is 6.68. The van der Waals surface area contributed by atoms with Gasteiger partial charge in [-0.1, -0.05) is 6.07 Å². The summed E-state index contributed by atoms with van der Waals surface area (Å²) in [4.78, 5) is 42.8. The zero-order chi connectivity index (χ0) is 20.1. The predicted molar refractivity (Wildman–Crippen MR) is 103 cm³/mol. The van der Waals surface area contributed by atoms with E-state index >= 15 is 0 Å². The molecule has 29 heavy (non-hydrogen) atoms. The maximum Gasteiger partial charge on any atom is 0.313 e. The monoisotopic (exact) mass is 390 g/mol. The first-order chi connectivity index (χ1) is 14.1. The van der Waals surface area contributed by atoms with E-state index in [4.69, 9.17) is 13.9 Å². The molecule has 5 rings (SSSR count). The van der Waals surface area contributed by atoms with Crippen LogP contribution in [-0.2, 0) is 4.79 Å². The minimum atomic E-state index is -0.824. The van der Waals surface area contributed by atoms with Gasteiger partial charge in [-0.25, -0.2) is 0 Å². The van der Waals surface area contributed by atoms with Gasteiger partial charge in [0.05, 0.1) is 30.7 Å². The van der Waals surface area contributed by atoms with Crippen molar-refractivity contribution in [2.75, 3.05) is 7.11 Å². The van der Waals surface area contributed by atoms with Crippen molar-refractivity contribution < 1.29 is 18.7 Å². The second-order valence-electron chi connectivity index (χ2n) is 6.68. The van der Waals surface area contributed by atoms with Crippen molar-refractivity contribution in [2.24, 2.45) is 0 Å². The van der Waals surface area contributed by atoms with Crippen LogP contribution in [0.15, 0.2) is 62.9 Å². The Labute approximate surface area is 162 Å². The molecular weight excluding hydrogens is 376 g/mol. The highest BCUT2D eigenvalue weighted by Crippen LogP contribution is 2.35. The number of ether oxygens (including phenoxy) is 2. The van der Waals surface area contributed by atoms with Crippen LogP contribution in [-0.4, -0.2) is 22.5 Å². The van der Waals surface area contributed by atoms with Gasteiger partial charge in [0.2, 0.25) is 5.88 Å². The quantitative estimate of drug-likeness (QED) is 0.484. The number of benzene rings is 1. The summed E-state index contributed by atoms with van der Waals surface area (Å²) in [5.41, 5.74) is 0.342. The van der Waals surface area contributed by atoms with E-state index in [2.05, 4.69) is 4.98 Å². The summed E-state index contributed by atoms with van der Waals surface area (Å²) in [6, 6.07) is 9.94. The normalized spacial score (nSPS) is 15.9. The van der Waals surface area contributed by atoms with Crippen LogP contribution in [0, 0.1) is 0 Å². The van der Waals surface area contributed by atoms with E-state index in [1.165, 1.54) is 17.8 Å². The molecule has 0 saturated heterocycles. The molecule has 0 radical (unpaired) electrons. The molecule has 0 saturated carbocycles. The zero-order valence-electron chi connectivity index (χ0n) is 15.2. The summed E-state index contributed by atoms with van der Waals surface area (Å²) in [5.74, 6) is -0.972. The molecule has 4 aromatic rings. The lowest BCUT2D eigenvalue weighted by atomic mass is 9.88. The third-order valence-electron chi connectivity index (χ3n) is 5.05. The molecule has 0 amide bonds. The van der Waals surface area contributed by atoms with E-state index in [1.54, 1.807) is 42.6 Å². The van der Waals surface area contributed by atoms with Crippen LogP contribution < -0.4 is 20.5 Å². The highest BCUT2D eigenvalue weighted by molar-refractivity contribution is 5.80. The van der Waals surface area contributed by atoms with Crippen molar-refractivity contribution in [3.05, 3.63) is 80.6 Å². The van der Waals surface area contributed by atoms with Gasteiger partial charge in [0.25, 0.3) is 5.56 Å². The molecule has 0 fully saturated rings. The minimum Gasteiger partial charge on any atom is -0.497 e. The molecule has 8 nitrogen and oxygen atoms in total. The zero-order valence-corrected chi connectivity index (χ0v) is 15.2.